The van der Waals surface area contributed by atoms with Crippen LogP contribution in [0.25, 0.3) is 0 Å². The molecule has 2 fully saturated rings. The van der Waals surface area contributed by atoms with Crippen LogP contribution < -0.4 is 10.6 Å². The Morgan fingerprint density at radius 3 is 2.53 bits per heavy atom. The summed E-state index contributed by atoms with van der Waals surface area (Å²) in [5.41, 5.74) is -0.506. The molecule has 2 N–H and O–H groups in total. The van der Waals surface area contributed by atoms with Gasteiger partial charge < -0.3 is 29.9 Å². The summed E-state index contributed by atoms with van der Waals surface area (Å²) in [6.45, 7) is 11.5. The molecule has 9 nitrogen and oxygen atoms in total. The third-order valence-corrected chi connectivity index (χ3v) is 5.67. The predicted molar refractivity (Wildman–Crippen MR) is 136 cm³/mol. The number of likely N-dealkylation sites (tertiary alicyclic amines) is 1. The average Bonchev–Trinajstić information content (AvgIpc) is 3.24. The van der Waals surface area contributed by atoms with E-state index in [1.165, 1.54) is 0 Å². The van der Waals surface area contributed by atoms with E-state index in [-0.39, 0.29) is 48.6 Å². The van der Waals surface area contributed by atoms with Crippen molar-refractivity contribution < 1.29 is 19.1 Å². The van der Waals surface area contributed by atoms with Crippen molar-refractivity contribution >= 4 is 41.9 Å². The number of fused-ring (bicyclic) bond motifs is 1. The van der Waals surface area contributed by atoms with Crippen LogP contribution in [0.5, 0.6) is 0 Å². The monoisotopic (exact) mass is 567 g/mol. The highest BCUT2D eigenvalue weighted by molar-refractivity contribution is 14.0. The molecule has 2 aliphatic rings. The molecule has 0 bridgehead atoms. The standard InChI is InChI=1S/C22H41N5O4.HI/c1-7-30-12-8-11-23-20(24-13-19(28)26(5)6)27-14-16-9-10-18(17(16)15-27)25-21(29)31-22(2,3)4;/h16-18H,7-15H2,1-6H3,(H,23,24)(H,25,29);1H. The first kappa shape index (κ1) is 28.7. The van der Waals surface area contributed by atoms with E-state index in [9.17, 15) is 9.59 Å². The van der Waals surface area contributed by atoms with Gasteiger partial charge in [-0.2, -0.15) is 0 Å². The third kappa shape index (κ3) is 9.29. The maximum absolute atomic E-state index is 12.3. The molecular formula is C22H42IN5O4. The number of aliphatic imine (C=N–C) groups is 1. The van der Waals surface area contributed by atoms with Crippen molar-refractivity contribution in [3.8, 4) is 0 Å². The molecule has 0 aromatic rings. The van der Waals surface area contributed by atoms with Crippen LogP contribution in [-0.4, -0.2) is 92.9 Å². The number of carbonyl (C=O) groups excluding carboxylic acids is 2. The highest BCUT2D eigenvalue weighted by Crippen LogP contribution is 2.38. The number of halogens is 1. The van der Waals surface area contributed by atoms with E-state index in [1.807, 2.05) is 27.7 Å². The van der Waals surface area contributed by atoms with Crippen molar-refractivity contribution in [2.24, 2.45) is 16.8 Å². The summed E-state index contributed by atoms with van der Waals surface area (Å²) in [6, 6.07) is 0.104. The molecule has 32 heavy (non-hydrogen) atoms. The van der Waals surface area contributed by atoms with Crippen LogP contribution in [0.15, 0.2) is 4.99 Å². The van der Waals surface area contributed by atoms with Crippen molar-refractivity contribution in [2.45, 2.75) is 58.6 Å². The first-order valence-electron chi connectivity index (χ1n) is 11.4. The Balaban J connectivity index is 0.00000512. The van der Waals surface area contributed by atoms with Gasteiger partial charge in [-0.25, -0.2) is 9.79 Å². The molecule has 1 heterocycles. The van der Waals surface area contributed by atoms with Crippen LogP contribution in [0.2, 0.25) is 0 Å². The molecule has 2 amide bonds. The van der Waals surface area contributed by atoms with Crippen LogP contribution in [0.4, 0.5) is 4.79 Å². The Hall–Kier alpha value is -1.30. The van der Waals surface area contributed by atoms with Crippen LogP contribution in [0.3, 0.4) is 0 Å². The number of carbonyl (C=O) groups is 2. The van der Waals surface area contributed by atoms with Gasteiger partial charge in [-0.15, -0.1) is 24.0 Å². The van der Waals surface area contributed by atoms with Gasteiger partial charge in [0, 0.05) is 58.9 Å². The van der Waals surface area contributed by atoms with Crippen molar-refractivity contribution in [2.75, 3.05) is 53.5 Å². The van der Waals surface area contributed by atoms with E-state index in [4.69, 9.17) is 9.47 Å². The maximum Gasteiger partial charge on any atom is 0.407 e. The molecule has 0 spiro atoms. The molecule has 0 radical (unpaired) electrons. The number of hydrogen-bond acceptors (Lipinski definition) is 5. The summed E-state index contributed by atoms with van der Waals surface area (Å²) >= 11 is 0. The largest absolute Gasteiger partial charge is 0.444 e. The van der Waals surface area contributed by atoms with Gasteiger partial charge in [0.05, 0.1) is 0 Å². The normalized spacial score (nSPS) is 22.8. The van der Waals surface area contributed by atoms with Crippen molar-refractivity contribution in [3.63, 3.8) is 0 Å². The fourth-order valence-corrected chi connectivity index (χ4v) is 4.15. The highest BCUT2D eigenvalue weighted by atomic mass is 127. The summed E-state index contributed by atoms with van der Waals surface area (Å²) in [4.78, 5) is 32.7. The molecule has 1 saturated heterocycles. The maximum atomic E-state index is 12.3. The Morgan fingerprint density at radius 1 is 1.19 bits per heavy atom. The molecule has 186 valence electrons. The topological polar surface area (TPSA) is 95.5 Å². The minimum atomic E-state index is -0.506. The first-order valence-corrected chi connectivity index (χ1v) is 11.4. The van der Waals surface area contributed by atoms with Gasteiger partial charge >= 0.3 is 6.09 Å². The van der Waals surface area contributed by atoms with Gasteiger partial charge in [0.15, 0.2) is 5.96 Å². The van der Waals surface area contributed by atoms with E-state index in [0.29, 0.717) is 25.0 Å². The lowest BCUT2D eigenvalue weighted by Crippen LogP contribution is -2.45. The Bertz CT molecular complexity index is 638. The quantitative estimate of drug-likeness (QED) is 0.202. The van der Waals surface area contributed by atoms with E-state index in [2.05, 4.69) is 20.5 Å². The van der Waals surface area contributed by atoms with Crippen LogP contribution >= 0.6 is 24.0 Å². The second-order valence-electron chi connectivity index (χ2n) is 9.56. The van der Waals surface area contributed by atoms with Gasteiger partial charge in [-0.1, -0.05) is 0 Å². The lowest BCUT2D eigenvalue weighted by Gasteiger charge is -2.26. The van der Waals surface area contributed by atoms with Gasteiger partial charge in [-0.3, -0.25) is 4.79 Å². The zero-order valence-electron chi connectivity index (χ0n) is 20.5. The second kappa shape index (κ2) is 13.4. The van der Waals surface area contributed by atoms with Crippen LogP contribution in [0.1, 0.15) is 47.0 Å². The second-order valence-corrected chi connectivity index (χ2v) is 9.56. The number of ether oxygens (including phenoxy) is 2. The van der Waals surface area contributed by atoms with Crippen molar-refractivity contribution in [3.05, 3.63) is 0 Å². The number of likely N-dealkylation sites (N-methyl/N-ethyl adjacent to an activating group) is 1. The number of amides is 2. The predicted octanol–water partition coefficient (Wildman–Crippen LogP) is 2.30. The first-order chi connectivity index (χ1) is 14.6. The molecular weight excluding hydrogens is 525 g/mol. The molecule has 2 rings (SSSR count). The molecule has 0 aromatic heterocycles. The smallest absolute Gasteiger partial charge is 0.407 e. The van der Waals surface area contributed by atoms with E-state index in [1.54, 1.807) is 19.0 Å². The minimum absolute atomic E-state index is 0. The van der Waals surface area contributed by atoms with E-state index >= 15 is 0 Å². The fourth-order valence-electron chi connectivity index (χ4n) is 4.15. The summed E-state index contributed by atoms with van der Waals surface area (Å²) < 4.78 is 10.9. The zero-order chi connectivity index (χ0) is 23.0. The minimum Gasteiger partial charge on any atom is -0.444 e. The van der Waals surface area contributed by atoms with Crippen LogP contribution in [-0.2, 0) is 14.3 Å². The molecule has 1 aliphatic heterocycles. The van der Waals surface area contributed by atoms with Crippen molar-refractivity contribution in [1.29, 1.82) is 0 Å². The summed E-state index contributed by atoms with van der Waals surface area (Å²) in [6.07, 6.45) is 2.56. The molecule has 3 unspecified atom stereocenters. The lowest BCUT2D eigenvalue weighted by molar-refractivity contribution is -0.127. The number of hydrogen-bond donors (Lipinski definition) is 2. The Morgan fingerprint density at radius 2 is 1.91 bits per heavy atom. The molecule has 0 aromatic carbocycles. The number of nitrogens with one attached hydrogen (secondary N) is 2. The van der Waals surface area contributed by atoms with Gasteiger partial charge in [0.2, 0.25) is 5.91 Å². The zero-order valence-corrected chi connectivity index (χ0v) is 22.8. The summed E-state index contributed by atoms with van der Waals surface area (Å²) in [7, 11) is 3.47. The lowest BCUT2D eigenvalue weighted by atomic mass is 9.98. The number of rotatable bonds is 8. The summed E-state index contributed by atoms with van der Waals surface area (Å²) in [5, 5.41) is 6.48. The molecule has 1 aliphatic carbocycles. The number of nitrogens with zero attached hydrogens (tertiary/aromatic N) is 3. The number of alkyl carbamates (subject to hydrolysis) is 1. The molecule has 3 atom stereocenters. The number of guanidine groups is 1. The van der Waals surface area contributed by atoms with Gasteiger partial charge in [0.25, 0.3) is 0 Å². The Labute approximate surface area is 210 Å². The summed E-state index contributed by atoms with van der Waals surface area (Å²) in [5.74, 6) is 1.59. The molecule has 10 heteroatoms. The highest BCUT2D eigenvalue weighted by Gasteiger charge is 2.44. The van der Waals surface area contributed by atoms with E-state index < -0.39 is 5.60 Å². The van der Waals surface area contributed by atoms with Gasteiger partial charge in [0.1, 0.15) is 12.1 Å². The average molecular weight is 568 g/mol. The Kier molecular flexibility index (Phi) is 12.0. The van der Waals surface area contributed by atoms with Crippen molar-refractivity contribution in [1.82, 2.24) is 20.4 Å². The molecule has 1 saturated carbocycles. The van der Waals surface area contributed by atoms with Crippen LogP contribution in [0, 0.1) is 11.8 Å². The fraction of sp³-hybridized carbons (Fsp3) is 0.864. The third-order valence-electron chi connectivity index (χ3n) is 5.67. The van der Waals surface area contributed by atoms with E-state index in [0.717, 1.165) is 44.9 Å². The SMILES string of the molecule is CCOCCCNC(=NCC(=O)N(C)C)N1CC2CCC(NC(=O)OC(C)(C)C)C2C1.I. The van der Waals surface area contributed by atoms with Gasteiger partial charge in [-0.05, 0) is 52.9 Å².